The third-order valence-corrected chi connectivity index (χ3v) is 3.77. The molecule has 0 radical (unpaired) electrons. The minimum Gasteiger partial charge on any atom is -0.495 e. The fourth-order valence-electron chi connectivity index (χ4n) is 1.62. The number of carbonyl (C=O) groups is 1. The molecule has 1 atom stereocenters. The quantitative estimate of drug-likeness (QED) is 0.694. The van der Waals surface area contributed by atoms with Crippen LogP contribution in [0.5, 0.6) is 5.75 Å². The van der Waals surface area contributed by atoms with Crippen LogP contribution in [-0.2, 0) is 4.79 Å². The first-order valence-corrected chi connectivity index (χ1v) is 7.18. The molecule has 1 aromatic carbocycles. The van der Waals surface area contributed by atoms with Crippen LogP contribution in [0.15, 0.2) is 38.9 Å². The van der Waals surface area contributed by atoms with Crippen LogP contribution in [0.25, 0.3) is 0 Å². The molecule has 2 aromatic rings. The third kappa shape index (κ3) is 3.76. The van der Waals surface area contributed by atoms with Crippen LogP contribution in [0.3, 0.4) is 0 Å². The number of para-hydroxylation sites is 2. The fourth-order valence-corrected chi connectivity index (χ4v) is 2.38. The molecule has 3 N–H and O–H groups in total. The van der Waals surface area contributed by atoms with Crippen LogP contribution in [0.2, 0.25) is 0 Å². The number of aromatic nitrogens is 3. The van der Waals surface area contributed by atoms with Crippen molar-refractivity contribution in [1.29, 1.82) is 0 Å². The van der Waals surface area contributed by atoms with E-state index in [2.05, 4.69) is 15.5 Å². The summed E-state index contributed by atoms with van der Waals surface area (Å²) in [5.41, 5.74) is -0.794. The van der Waals surface area contributed by atoms with Crippen molar-refractivity contribution >= 4 is 23.4 Å². The van der Waals surface area contributed by atoms with Gasteiger partial charge >= 0.3 is 5.69 Å². The highest BCUT2D eigenvalue weighted by molar-refractivity contribution is 8.00. The summed E-state index contributed by atoms with van der Waals surface area (Å²) in [6, 6.07) is 6.99. The summed E-state index contributed by atoms with van der Waals surface area (Å²) in [4.78, 5) is 36.7. The number of carbonyl (C=O) groups excluding carboxylic acids is 1. The molecule has 1 heterocycles. The minimum absolute atomic E-state index is 0.0160. The highest BCUT2D eigenvalue weighted by Gasteiger charge is 2.18. The lowest BCUT2D eigenvalue weighted by molar-refractivity contribution is -0.115. The molecule has 0 bridgehead atoms. The second-order valence-corrected chi connectivity index (χ2v) is 5.59. The van der Waals surface area contributed by atoms with Crippen LogP contribution in [-0.4, -0.2) is 33.4 Å². The van der Waals surface area contributed by atoms with Gasteiger partial charge in [0.15, 0.2) is 5.03 Å². The van der Waals surface area contributed by atoms with Crippen molar-refractivity contribution in [3.8, 4) is 5.75 Å². The summed E-state index contributed by atoms with van der Waals surface area (Å²) >= 11 is 0.942. The predicted molar refractivity (Wildman–Crippen MR) is 82.4 cm³/mol. The SMILES string of the molecule is COc1ccccc1NC(=O)C(C)Sc1n[nH]c(=O)[nH]c1=O. The average molecular weight is 322 g/mol. The van der Waals surface area contributed by atoms with Gasteiger partial charge in [-0.3, -0.25) is 14.6 Å². The van der Waals surface area contributed by atoms with Crippen LogP contribution in [0.4, 0.5) is 5.69 Å². The summed E-state index contributed by atoms with van der Waals surface area (Å²) in [7, 11) is 1.51. The van der Waals surface area contributed by atoms with Crippen molar-refractivity contribution in [1.82, 2.24) is 15.2 Å². The van der Waals surface area contributed by atoms with Gasteiger partial charge in [0, 0.05) is 0 Å². The normalized spacial score (nSPS) is 11.7. The molecule has 0 saturated heterocycles. The number of nitrogens with one attached hydrogen (secondary N) is 3. The fraction of sp³-hybridized carbons (Fsp3) is 0.231. The van der Waals surface area contributed by atoms with Crippen LogP contribution < -0.4 is 21.3 Å². The number of thioether (sulfide) groups is 1. The maximum atomic E-state index is 12.2. The first-order chi connectivity index (χ1) is 10.5. The summed E-state index contributed by atoms with van der Waals surface area (Å²) in [5, 5.41) is 7.88. The van der Waals surface area contributed by atoms with Crippen molar-refractivity contribution in [3.05, 3.63) is 45.1 Å². The molecular formula is C13H14N4O4S. The Labute approximate surface area is 129 Å². The number of benzene rings is 1. The largest absolute Gasteiger partial charge is 0.495 e. The molecule has 1 unspecified atom stereocenters. The van der Waals surface area contributed by atoms with E-state index in [9.17, 15) is 14.4 Å². The number of methoxy groups -OCH3 is 1. The number of hydrogen-bond acceptors (Lipinski definition) is 6. The van der Waals surface area contributed by atoms with E-state index in [0.29, 0.717) is 11.4 Å². The van der Waals surface area contributed by atoms with Crippen molar-refractivity contribution in [2.75, 3.05) is 12.4 Å². The first-order valence-electron chi connectivity index (χ1n) is 6.31. The Balaban J connectivity index is 2.09. The van der Waals surface area contributed by atoms with Gasteiger partial charge in [0.1, 0.15) is 5.75 Å². The minimum atomic E-state index is -0.694. The highest BCUT2D eigenvalue weighted by atomic mass is 32.2. The number of ether oxygens (including phenoxy) is 1. The van der Waals surface area contributed by atoms with Crippen molar-refractivity contribution < 1.29 is 9.53 Å². The smallest absolute Gasteiger partial charge is 0.342 e. The van der Waals surface area contributed by atoms with E-state index >= 15 is 0 Å². The first kappa shape index (κ1) is 15.8. The summed E-state index contributed by atoms with van der Waals surface area (Å²) in [6.45, 7) is 1.63. The van der Waals surface area contributed by atoms with E-state index < -0.39 is 16.5 Å². The second-order valence-electron chi connectivity index (χ2n) is 4.26. The highest BCUT2D eigenvalue weighted by Crippen LogP contribution is 2.25. The number of rotatable bonds is 5. The average Bonchev–Trinajstić information content (AvgIpc) is 2.50. The van der Waals surface area contributed by atoms with Crippen molar-refractivity contribution in [2.45, 2.75) is 17.2 Å². The number of nitrogens with zero attached hydrogens (tertiary/aromatic N) is 1. The zero-order valence-corrected chi connectivity index (χ0v) is 12.7. The van der Waals surface area contributed by atoms with Crippen molar-refractivity contribution in [3.63, 3.8) is 0 Å². The predicted octanol–water partition coefficient (Wildman–Crippen LogP) is 0.586. The Hall–Kier alpha value is -2.55. The van der Waals surface area contributed by atoms with Crippen LogP contribution in [0.1, 0.15) is 6.92 Å². The maximum Gasteiger partial charge on any atom is 0.342 e. The maximum absolute atomic E-state index is 12.2. The van der Waals surface area contributed by atoms with Gasteiger partial charge in [-0.05, 0) is 19.1 Å². The lowest BCUT2D eigenvalue weighted by Crippen LogP contribution is -2.28. The van der Waals surface area contributed by atoms with Crippen LogP contribution >= 0.6 is 11.8 Å². The van der Waals surface area contributed by atoms with Gasteiger partial charge in [-0.15, -0.1) is 0 Å². The number of hydrogen-bond donors (Lipinski definition) is 3. The van der Waals surface area contributed by atoms with E-state index in [0.717, 1.165) is 11.8 Å². The van der Waals surface area contributed by atoms with E-state index in [1.807, 2.05) is 4.98 Å². The number of amides is 1. The van der Waals surface area contributed by atoms with Gasteiger partial charge < -0.3 is 10.1 Å². The van der Waals surface area contributed by atoms with Gasteiger partial charge in [0.25, 0.3) is 5.56 Å². The van der Waals surface area contributed by atoms with E-state index in [1.54, 1.807) is 31.2 Å². The monoisotopic (exact) mass is 322 g/mol. The Kier molecular flexibility index (Phi) is 4.99. The Morgan fingerprint density at radius 1 is 1.36 bits per heavy atom. The number of aromatic amines is 2. The molecule has 8 nitrogen and oxygen atoms in total. The number of anilines is 1. The molecule has 0 spiro atoms. The summed E-state index contributed by atoms with van der Waals surface area (Å²) in [6.07, 6.45) is 0. The van der Waals surface area contributed by atoms with E-state index in [1.165, 1.54) is 7.11 Å². The molecule has 22 heavy (non-hydrogen) atoms. The van der Waals surface area contributed by atoms with Gasteiger partial charge in [-0.1, -0.05) is 23.9 Å². The topological polar surface area (TPSA) is 117 Å². The summed E-state index contributed by atoms with van der Waals surface area (Å²) in [5.74, 6) is 0.218. The molecule has 0 aliphatic carbocycles. The lowest BCUT2D eigenvalue weighted by atomic mass is 10.3. The Morgan fingerprint density at radius 2 is 2.09 bits per heavy atom. The van der Waals surface area contributed by atoms with Crippen molar-refractivity contribution in [2.24, 2.45) is 0 Å². The second kappa shape index (κ2) is 6.94. The van der Waals surface area contributed by atoms with Gasteiger partial charge in [-0.25, -0.2) is 9.89 Å². The molecule has 116 valence electrons. The van der Waals surface area contributed by atoms with E-state index in [-0.39, 0.29) is 10.9 Å². The third-order valence-electron chi connectivity index (χ3n) is 2.70. The molecule has 2 rings (SSSR count). The van der Waals surface area contributed by atoms with Gasteiger partial charge in [0.05, 0.1) is 18.0 Å². The standard InChI is InChI=1S/C13H14N4O4S/c1-7(22-12-11(19)15-13(20)17-16-12)10(18)14-8-5-3-4-6-9(8)21-2/h3-7H,1-2H3,(H,14,18)(H2,15,17,19,20). The molecule has 1 amide bonds. The molecule has 1 aromatic heterocycles. The van der Waals surface area contributed by atoms with Crippen LogP contribution in [0, 0.1) is 0 Å². The zero-order valence-electron chi connectivity index (χ0n) is 11.9. The van der Waals surface area contributed by atoms with Gasteiger partial charge in [0.2, 0.25) is 5.91 Å². The molecular weight excluding hydrogens is 308 g/mol. The number of H-pyrrole nitrogens is 2. The molecule has 0 aliphatic rings. The Bertz CT molecular complexity index is 786. The molecule has 0 fully saturated rings. The molecule has 0 saturated carbocycles. The van der Waals surface area contributed by atoms with Gasteiger partial charge in [-0.2, -0.15) is 5.10 Å². The lowest BCUT2D eigenvalue weighted by Gasteiger charge is -2.13. The Morgan fingerprint density at radius 3 is 2.77 bits per heavy atom. The summed E-state index contributed by atoms with van der Waals surface area (Å²) < 4.78 is 5.15. The zero-order chi connectivity index (χ0) is 16.1. The molecule has 0 aliphatic heterocycles. The van der Waals surface area contributed by atoms with E-state index in [4.69, 9.17) is 4.74 Å². The molecule has 9 heteroatoms.